The molecule has 274 valence electrons. The molecule has 2 aromatic heterocycles. The number of halogens is 1. The lowest BCUT2D eigenvalue weighted by molar-refractivity contribution is -0.130. The lowest BCUT2D eigenvalue weighted by Gasteiger charge is -2.32. The van der Waals surface area contributed by atoms with Gasteiger partial charge in [0.2, 0.25) is 17.7 Å². The molecule has 2 fully saturated rings. The summed E-state index contributed by atoms with van der Waals surface area (Å²) in [5.41, 5.74) is 7.63. The van der Waals surface area contributed by atoms with E-state index in [0.29, 0.717) is 41.8 Å². The number of benzene rings is 2. The van der Waals surface area contributed by atoms with Crippen molar-refractivity contribution in [1.82, 2.24) is 35.4 Å². The summed E-state index contributed by atoms with van der Waals surface area (Å²) < 4.78 is 11.6. The van der Waals surface area contributed by atoms with Gasteiger partial charge in [-0.25, -0.2) is 15.0 Å². The predicted octanol–water partition coefficient (Wildman–Crippen LogP) is 6.05. The summed E-state index contributed by atoms with van der Waals surface area (Å²) in [5.74, 6) is 1.59. The van der Waals surface area contributed by atoms with E-state index >= 15 is 0 Å². The van der Waals surface area contributed by atoms with Crippen molar-refractivity contribution in [3.8, 4) is 45.4 Å². The number of likely N-dealkylation sites (tertiary alicyclic amines) is 2. The standard InChI is InChI=1S/C40H48ClN7O4/c1-25-38(28-9-10-29(36(21-28)51-4)22-42-31-13-17-47(18-14-31)26(2)49)44-24-45-39(25)34-8-6-7-33(37(34)41)35-12-11-30(40(46-35)52-5)23-43-32-15-19-48(20-16-32)27(3)50/h6-12,21,24,31-32,42-43H,13-20,22-23H2,1-5H3. The maximum absolute atomic E-state index is 11.7. The molecule has 2 saturated heterocycles. The van der Waals surface area contributed by atoms with Crippen LogP contribution >= 0.6 is 11.6 Å². The van der Waals surface area contributed by atoms with Crippen LogP contribution in [0.25, 0.3) is 33.8 Å². The second-order valence-corrected chi connectivity index (χ2v) is 14.0. The van der Waals surface area contributed by atoms with Gasteiger partial charge in [-0.2, -0.15) is 0 Å². The second-order valence-electron chi connectivity index (χ2n) is 13.6. The van der Waals surface area contributed by atoms with Gasteiger partial charge >= 0.3 is 0 Å². The topological polar surface area (TPSA) is 122 Å². The number of aromatic nitrogens is 3. The van der Waals surface area contributed by atoms with Gasteiger partial charge in [-0.1, -0.05) is 48.0 Å². The van der Waals surface area contributed by atoms with Gasteiger partial charge in [0.1, 0.15) is 12.1 Å². The minimum atomic E-state index is 0.133. The largest absolute Gasteiger partial charge is 0.496 e. The van der Waals surface area contributed by atoms with E-state index in [1.807, 2.05) is 53.1 Å². The van der Waals surface area contributed by atoms with Crippen LogP contribution in [0.5, 0.6) is 11.6 Å². The Kier molecular flexibility index (Phi) is 12.0. The van der Waals surface area contributed by atoms with Crippen LogP contribution in [0.4, 0.5) is 0 Å². The van der Waals surface area contributed by atoms with Crippen LogP contribution in [0.3, 0.4) is 0 Å². The molecule has 4 aromatic rings. The zero-order valence-electron chi connectivity index (χ0n) is 30.7. The van der Waals surface area contributed by atoms with E-state index in [-0.39, 0.29) is 11.8 Å². The average molecular weight is 726 g/mol. The molecule has 0 bridgehead atoms. The van der Waals surface area contributed by atoms with E-state index in [1.54, 1.807) is 34.4 Å². The SMILES string of the molecule is COc1cc(-c2ncnc(-c3cccc(-c4ccc(CNC5CCN(C(C)=O)CC5)c(OC)n4)c3Cl)c2C)ccc1CNC1CCN(C(C)=O)CC1. The third-order valence-electron chi connectivity index (χ3n) is 10.3. The first-order chi connectivity index (χ1) is 25.2. The minimum absolute atomic E-state index is 0.133. The van der Waals surface area contributed by atoms with Crippen LogP contribution in [0.1, 0.15) is 56.2 Å². The first-order valence-electron chi connectivity index (χ1n) is 18.0. The quantitative estimate of drug-likeness (QED) is 0.190. The number of methoxy groups -OCH3 is 2. The molecule has 0 radical (unpaired) electrons. The van der Waals surface area contributed by atoms with Crippen LogP contribution in [-0.2, 0) is 22.7 Å². The lowest BCUT2D eigenvalue weighted by atomic mass is 9.98. The molecule has 11 nitrogen and oxygen atoms in total. The van der Waals surface area contributed by atoms with Gasteiger partial charge in [-0.3, -0.25) is 9.59 Å². The van der Waals surface area contributed by atoms with E-state index in [2.05, 4.69) is 32.7 Å². The van der Waals surface area contributed by atoms with Crippen molar-refractivity contribution in [2.45, 2.75) is 71.6 Å². The summed E-state index contributed by atoms with van der Waals surface area (Å²) in [4.78, 5) is 41.4. The Labute approximate surface area is 311 Å². The highest BCUT2D eigenvalue weighted by Crippen LogP contribution is 2.39. The highest BCUT2D eigenvalue weighted by Gasteiger charge is 2.23. The Bertz CT molecular complexity index is 1770. The highest BCUT2D eigenvalue weighted by molar-refractivity contribution is 6.36. The van der Waals surface area contributed by atoms with E-state index in [4.69, 9.17) is 26.1 Å². The second kappa shape index (κ2) is 16.8. The van der Waals surface area contributed by atoms with Gasteiger partial charge in [-0.15, -0.1) is 0 Å². The molecule has 2 N–H and O–H groups in total. The molecule has 0 atom stereocenters. The number of piperidine rings is 2. The highest BCUT2D eigenvalue weighted by atomic mass is 35.5. The smallest absolute Gasteiger partial charge is 0.219 e. The number of hydrogen-bond acceptors (Lipinski definition) is 9. The lowest BCUT2D eigenvalue weighted by Crippen LogP contribution is -2.44. The number of amides is 2. The van der Waals surface area contributed by atoms with Crippen molar-refractivity contribution in [3.05, 3.63) is 76.6 Å². The van der Waals surface area contributed by atoms with Crippen LogP contribution in [0.2, 0.25) is 5.02 Å². The molecule has 52 heavy (non-hydrogen) atoms. The number of carbonyl (C=O) groups excluding carboxylic acids is 2. The molecule has 0 unspecified atom stereocenters. The van der Waals surface area contributed by atoms with Crippen molar-refractivity contribution in [3.63, 3.8) is 0 Å². The molecule has 0 aliphatic carbocycles. The van der Waals surface area contributed by atoms with Crippen LogP contribution < -0.4 is 20.1 Å². The predicted molar refractivity (Wildman–Crippen MR) is 203 cm³/mol. The van der Waals surface area contributed by atoms with Crippen molar-refractivity contribution in [2.24, 2.45) is 0 Å². The van der Waals surface area contributed by atoms with Crippen LogP contribution in [0, 0.1) is 6.92 Å². The van der Waals surface area contributed by atoms with Gasteiger partial charge in [-0.05, 0) is 44.7 Å². The Morgan fingerprint density at radius 1 is 0.788 bits per heavy atom. The summed E-state index contributed by atoms with van der Waals surface area (Å²) in [6.07, 6.45) is 5.27. The Morgan fingerprint density at radius 3 is 1.96 bits per heavy atom. The van der Waals surface area contributed by atoms with Crippen LogP contribution in [-0.4, -0.2) is 89.0 Å². The van der Waals surface area contributed by atoms with Crippen molar-refractivity contribution < 1.29 is 19.1 Å². The van der Waals surface area contributed by atoms with E-state index < -0.39 is 0 Å². The number of rotatable bonds is 11. The molecule has 6 rings (SSSR count). The Hall–Kier alpha value is -4.58. The zero-order chi connectivity index (χ0) is 36.8. The molecule has 0 spiro atoms. The summed E-state index contributed by atoms with van der Waals surface area (Å²) in [6.45, 7) is 9.66. The van der Waals surface area contributed by atoms with Crippen molar-refractivity contribution >= 4 is 23.4 Å². The van der Waals surface area contributed by atoms with Crippen LogP contribution in [0.15, 0.2) is 54.9 Å². The first kappa shape index (κ1) is 37.2. The normalized spacial score (nSPS) is 15.5. The first-order valence-corrected chi connectivity index (χ1v) is 18.3. The van der Waals surface area contributed by atoms with Gasteiger partial charge in [0.05, 0.1) is 36.3 Å². The molecular formula is C40H48ClN7O4. The third kappa shape index (κ3) is 8.38. The zero-order valence-corrected chi connectivity index (χ0v) is 31.4. The summed E-state index contributed by atoms with van der Waals surface area (Å²) in [5, 5.41) is 7.80. The summed E-state index contributed by atoms with van der Waals surface area (Å²) >= 11 is 7.14. The number of pyridine rings is 1. The molecule has 2 amide bonds. The maximum atomic E-state index is 11.7. The fourth-order valence-electron chi connectivity index (χ4n) is 7.20. The van der Waals surface area contributed by atoms with Gasteiger partial charge in [0.25, 0.3) is 0 Å². The molecule has 4 heterocycles. The number of hydrogen-bond donors (Lipinski definition) is 2. The number of carbonyl (C=O) groups is 2. The number of nitrogens with zero attached hydrogens (tertiary/aromatic N) is 5. The third-order valence-corrected chi connectivity index (χ3v) is 10.8. The summed E-state index contributed by atoms with van der Waals surface area (Å²) in [7, 11) is 3.31. The van der Waals surface area contributed by atoms with E-state index in [1.165, 1.54) is 0 Å². The van der Waals surface area contributed by atoms with Gasteiger partial charge in [0.15, 0.2) is 0 Å². The van der Waals surface area contributed by atoms with Crippen molar-refractivity contribution in [1.29, 1.82) is 0 Å². The number of nitrogens with one attached hydrogen (secondary N) is 2. The van der Waals surface area contributed by atoms with Gasteiger partial charge in [0, 0.05) is 98.6 Å². The Morgan fingerprint density at radius 2 is 1.37 bits per heavy atom. The van der Waals surface area contributed by atoms with E-state index in [9.17, 15) is 9.59 Å². The molecular weight excluding hydrogens is 678 g/mol. The molecule has 0 saturated carbocycles. The average Bonchev–Trinajstić information content (AvgIpc) is 3.17. The minimum Gasteiger partial charge on any atom is -0.496 e. The molecule has 2 aliphatic rings. The van der Waals surface area contributed by atoms with Crippen molar-refractivity contribution in [2.75, 3.05) is 40.4 Å². The molecule has 12 heteroatoms. The molecule has 2 aliphatic heterocycles. The fraction of sp³-hybridized carbons (Fsp3) is 0.425. The monoisotopic (exact) mass is 725 g/mol. The molecule has 2 aromatic carbocycles. The maximum Gasteiger partial charge on any atom is 0.219 e. The number of ether oxygens (including phenoxy) is 2. The van der Waals surface area contributed by atoms with Gasteiger partial charge < -0.3 is 29.9 Å². The fourth-order valence-corrected chi connectivity index (χ4v) is 7.51. The summed E-state index contributed by atoms with van der Waals surface area (Å²) in [6, 6.07) is 16.7. The van der Waals surface area contributed by atoms with E-state index in [0.717, 1.165) is 102 Å². The Balaban J connectivity index is 1.18.